The Kier molecular flexibility index (Phi) is 5.78. The Morgan fingerprint density at radius 3 is 2.69 bits per heavy atom. The zero-order valence-corrected chi connectivity index (χ0v) is 16.9. The first-order valence-corrected chi connectivity index (χ1v) is 10.3. The lowest BCUT2D eigenvalue weighted by Crippen LogP contribution is -2.15. The van der Waals surface area contributed by atoms with E-state index in [1.807, 2.05) is 31.2 Å². The SMILES string of the molecule is Cc1cc(-c2nnc(SCC(=O)Nc3ccccc3C)n2C(C)C)cs1. The molecule has 26 heavy (non-hydrogen) atoms. The van der Waals surface area contributed by atoms with Crippen LogP contribution in [0.5, 0.6) is 0 Å². The van der Waals surface area contributed by atoms with Gasteiger partial charge >= 0.3 is 0 Å². The van der Waals surface area contributed by atoms with Crippen molar-refractivity contribution in [2.24, 2.45) is 0 Å². The zero-order valence-electron chi connectivity index (χ0n) is 15.3. The van der Waals surface area contributed by atoms with Gasteiger partial charge in [0.1, 0.15) is 0 Å². The Bertz CT molecular complexity index is 914. The predicted molar refractivity (Wildman–Crippen MR) is 109 cm³/mol. The molecular formula is C19H22N4OS2. The number of nitrogens with zero attached hydrogens (tertiary/aromatic N) is 3. The summed E-state index contributed by atoms with van der Waals surface area (Å²) in [5.41, 5.74) is 2.97. The Labute approximate surface area is 161 Å². The summed E-state index contributed by atoms with van der Waals surface area (Å²) < 4.78 is 2.09. The zero-order chi connectivity index (χ0) is 18.7. The molecule has 0 aliphatic carbocycles. The van der Waals surface area contributed by atoms with Crippen LogP contribution in [-0.2, 0) is 4.79 Å². The fraction of sp³-hybridized carbons (Fsp3) is 0.316. The van der Waals surface area contributed by atoms with Crippen LogP contribution >= 0.6 is 23.1 Å². The van der Waals surface area contributed by atoms with Gasteiger partial charge in [0.2, 0.25) is 5.91 Å². The van der Waals surface area contributed by atoms with Gasteiger partial charge in [-0.3, -0.25) is 9.36 Å². The number of hydrogen-bond acceptors (Lipinski definition) is 5. The van der Waals surface area contributed by atoms with Crippen LogP contribution < -0.4 is 5.32 Å². The molecule has 136 valence electrons. The number of aromatic nitrogens is 3. The van der Waals surface area contributed by atoms with E-state index in [1.165, 1.54) is 16.6 Å². The average Bonchev–Trinajstić information content (AvgIpc) is 3.21. The van der Waals surface area contributed by atoms with Crippen molar-refractivity contribution < 1.29 is 4.79 Å². The number of carbonyl (C=O) groups excluding carboxylic acids is 1. The molecule has 1 amide bonds. The molecular weight excluding hydrogens is 364 g/mol. The van der Waals surface area contributed by atoms with Crippen molar-refractivity contribution >= 4 is 34.7 Å². The molecule has 3 aromatic rings. The first-order valence-electron chi connectivity index (χ1n) is 8.44. The van der Waals surface area contributed by atoms with Crippen LogP contribution in [0, 0.1) is 13.8 Å². The number of carbonyl (C=O) groups is 1. The maximum absolute atomic E-state index is 12.3. The van der Waals surface area contributed by atoms with Gasteiger partial charge in [-0.05, 0) is 45.4 Å². The number of thioether (sulfide) groups is 1. The molecule has 1 N–H and O–H groups in total. The number of thiophene rings is 1. The van der Waals surface area contributed by atoms with E-state index in [0.717, 1.165) is 27.8 Å². The molecule has 0 saturated heterocycles. The fourth-order valence-electron chi connectivity index (χ4n) is 2.63. The smallest absolute Gasteiger partial charge is 0.234 e. The number of hydrogen-bond donors (Lipinski definition) is 1. The highest BCUT2D eigenvalue weighted by atomic mass is 32.2. The number of benzene rings is 1. The third-order valence-corrected chi connectivity index (χ3v) is 5.73. The van der Waals surface area contributed by atoms with Crippen molar-refractivity contribution in [3.05, 3.63) is 46.2 Å². The van der Waals surface area contributed by atoms with E-state index in [4.69, 9.17) is 0 Å². The summed E-state index contributed by atoms with van der Waals surface area (Å²) in [6.45, 7) is 8.26. The lowest BCUT2D eigenvalue weighted by molar-refractivity contribution is -0.113. The van der Waals surface area contributed by atoms with E-state index >= 15 is 0 Å². The maximum atomic E-state index is 12.3. The number of para-hydroxylation sites is 1. The van der Waals surface area contributed by atoms with E-state index in [1.54, 1.807) is 11.3 Å². The van der Waals surface area contributed by atoms with E-state index in [0.29, 0.717) is 5.75 Å². The molecule has 0 radical (unpaired) electrons. The second-order valence-electron chi connectivity index (χ2n) is 6.37. The second kappa shape index (κ2) is 8.05. The van der Waals surface area contributed by atoms with Crippen LogP contribution in [-0.4, -0.2) is 26.4 Å². The van der Waals surface area contributed by atoms with Gasteiger partial charge in [-0.1, -0.05) is 30.0 Å². The molecule has 2 aromatic heterocycles. The lowest BCUT2D eigenvalue weighted by Gasteiger charge is -2.13. The number of nitrogens with one attached hydrogen (secondary N) is 1. The van der Waals surface area contributed by atoms with Crippen LogP contribution in [0.4, 0.5) is 5.69 Å². The van der Waals surface area contributed by atoms with Gasteiger partial charge in [-0.25, -0.2) is 0 Å². The van der Waals surface area contributed by atoms with Crippen molar-refractivity contribution in [2.75, 3.05) is 11.1 Å². The predicted octanol–water partition coefficient (Wildman–Crippen LogP) is 4.94. The van der Waals surface area contributed by atoms with Crippen molar-refractivity contribution in [2.45, 2.75) is 38.9 Å². The quantitative estimate of drug-likeness (QED) is 0.610. The topological polar surface area (TPSA) is 59.8 Å². The average molecular weight is 387 g/mol. The molecule has 0 aliphatic rings. The Balaban J connectivity index is 1.73. The number of anilines is 1. The summed E-state index contributed by atoms with van der Waals surface area (Å²) in [6.07, 6.45) is 0. The number of aryl methyl sites for hydroxylation is 2. The molecule has 0 fully saturated rings. The van der Waals surface area contributed by atoms with Crippen LogP contribution in [0.25, 0.3) is 11.4 Å². The van der Waals surface area contributed by atoms with Gasteiger partial charge in [-0.2, -0.15) is 0 Å². The fourth-order valence-corrected chi connectivity index (χ4v) is 4.18. The molecule has 0 spiro atoms. The summed E-state index contributed by atoms with van der Waals surface area (Å²) in [7, 11) is 0. The highest BCUT2D eigenvalue weighted by Crippen LogP contribution is 2.30. The van der Waals surface area contributed by atoms with Crippen LogP contribution in [0.1, 0.15) is 30.3 Å². The molecule has 1 aromatic carbocycles. The molecule has 2 heterocycles. The first-order chi connectivity index (χ1) is 12.5. The third kappa shape index (κ3) is 4.16. The largest absolute Gasteiger partial charge is 0.325 e. The monoisotopic (exact) mass is 386 g/mol. The van der Waals surface area contributed by atoms with Gasteiger partial charge in [0.15, 0.2) is 11.0 Å². The minimum Gasteiger partial charge on any atom is -0.325 e. The van der Waals surface area contributed by atoms with Gasteiger partial charge in [0.25, 0.3) is 0 Å². The van der Waals surface area contributed by atoms with Crippen molar-refractivity contribution in [3.63, 3.8) is 0 Å². The Morgan fingerprint density at radius 2 is 2.04 bits per heavy atom. The highest BCUT2D eigenvalue weighted by molar-refractivity contribution is 7.99. The summed E-state index contributed by atoms with van der Waals surface area (Å²) in [5, 5.41) is 14.5. The molecule has 0 unspecified atom stereocenters. The van der Waals surface area contributed by atoms with E-state index in [2.05, 4.69) is 52.3 Å². The minimum atomic E-state index is -0.0458. The van der Waals surface area contributed by atoms with Crippen molar-refractivity contribution in [1.29, 1.82) is 0 Å². The standard InChI is InChI=1S/C19H22N4OS2/c1-12(2)23-18(15-9-14(4)25-10-15)21-22-19(23)26-11-17(24)20-16-8-6-5-7-13(16)3/h5-10,12H,11H2,1-4H3,(H,20,24). The second-order valence-corrected chi connectivity index (χ2v) is 8.43. The van der Waals surface area contributed by atoms with Gasteiger partial charge in [0.05, 0.1) is 5.75 Å². The molecule has 0 saturated carbocycles. The minimum absolute atomic E-state index is 0.0458. The first kappa shape index (κ1) is 18.7. The summed E-state index contributed by atoms with van der Waals surface area (Å²) >= 11 is 3.11. The van der Waals surface area contributed by atoms with E-state index < -0.39 is 0 Å². The summed E-state index contributed by atoms with van der Waals surface area (Å²) in [5.74, 6) is 1.10. The highest BCUT2D eigenvalue weighted by Gasteiger charge is 2.18. The lowest BCUT2D eigenvalue weighted by atomic mass is 10.2. The van der Waals surface area contributed by atoms with E-state index in [9.17, 15) is 4.79 Å². The molecule has 7 heteroatoms. The molecule has 0 bridgehead atoms. The van der Waals surface area contributed by atoms with Crippen molar-refractivity contribution in [3.8, 4) is 11.4 Å². The summed E-state index contributed by atoms with van der Waals surface area (Å²) in [4.78, 5) is 13.6. The Hall–Kier alpha value is -2.12. The normalized spacial score (nSPS) is 11.1. The third-order valence-electron chi connectivity index (χ3n) is 3.92. The summed E-state index contributed by atoms with van der Waals surface area (Å²) in [6, 6.07) is 10.1. The maximum Gasteiger partial charge on any atom is 0.234 e. The van der Waals surface area contributed by atoms with E-state index in [-0.39, 0.29) is 11.9 Å². The van der Waals surface area contributed by atoms with Crippen LogP contribution in [0.3, 0.4) is 0 Å². The Morgan fingerprint density at radius 1 is 1.27 bits per heavy atom. The van der Waals surface area contributed by atoms with Crippen molar-refractivity contribution in [1.82, 2.24) is 14.8 Å². The number of rotatable bonds is 6. The molecule has 0 aliphatic heterocycles. The van der Waals surface area contributed by atoms with Crippen LogP contribution in [0.15, 0.2) is 40.9 Å². The molecule has 5 nitrogen and oxygen atoms in total. The van der Waals surface area contributed by atoms with Gasteiger partial charge in [0, 0.05) is 27.5 Å². The molecule has 3 rings (SSSR count). The number of amides is 1. The van der Waals surface area contributed by atoms with Crippen LogP contribution in [0.2, 0.25) is 0 Å². The van der Waals surface area contributed by atoms with Gasteiger partial charge in [-0.15, -0.1) is 21.5 Å². The van der Waals surface area contributed by atoms with Gasteiger partial charge < -0.3 is 5.32 Å². The molecule has 0 atom stereocenters.